The van der Waals surface area contributed by atoms with Gasteiger partial charge in [-0.15, -0.1) is 0 Å². The molecule has 3 heterocycles. The maximum Gasteiger partial charge on any atom is 0.317 e. The fourth-order valence-electron chi connectivity index (χ4n) is 2.82. The maximum absolute atomic E-state index is 12.3. The Bertz CT molecular complexity index is 690. The minimum absolute atomic E-state index is 0.0253. The van der Waals surface area contributed by atoms with Crippen LogP contribution in [0.2, 0.25) is 0 Å². The first-order valence-corrected chi connectivity index (χ1v) is 9.51. The van der Waals surface area contributed by atoms with Gasteiger partial charge in [0, 0.05) is 63.9 Å². The quantitative estimate of drug-likeness (QED) is 0.783. The molecule has 0 radical (unpaired) electrons. The summed E-state index contributed by atoms with van der Waals surface area (Å²) in [5.41, 5.74) is 1.20. The number of nitrogens with zero attached hydrogens (tertiary/aromatic N) is 6. The molecule has 8 nitrogen and oxygen atoms in total. The summed E-state index contributed by atoms with van der Waals surface area (Å²) in [7, 11) is 1.91. The number of carbonyl (C=O) groups excluding carboxylic acids is 1. The zero-order valence-corrected chi connectivity index (χ0v) is 15.6. The third-order valence-corrected chi connectivity index (χ3v) is 5.10. The molecule has 2 amide bonds. The summed E-state index contributed by atoms with van der Waals surface area (Å²) in [5, 5.41) is 8.13. The van der Waals surface area contributed by atoms with Crippen LogP contribution in [0.5, 0.6) is 0 Å². The summed E-state index contributed by atoms with van der Waals surface area (Å²) in [6, 6.07) is 0.0253. The zero-order valence-electron chi connectivity index (χ0n) is 14.8. The number of urea groups is 1. The van der Waals surface area contributed by atoms with Gasteiger partial charge in [0.1, 0.15) is 5.82 Å². The lowest BCUT2D eigenvalue weighted by Crippen LogP contribution is -2.52. The van der Waals surface area contributed by atoms with E-state index in [1.165, 1.54) is 17.1 Å². The van der Waals surface area contributed by atoms with E-state index in [1.807, 2.05) is 24.3 Å². The monoisotopic (exact) mass is 363 g/mol. The first-order chi connectivity index (χ1) is 12.2. The molecule has 0 bridgehead atoms. The van der Waals surface area contributed by atoms with E-state index in [0.29, 0.717) is 6.54 Å². The summed E-state index contributed by atoms with van der Waals surface area (Å²) < 4.78 is 6.13. The Hall–Kier alpha value is -2.16. The third kappa shape index (κ3) is 4.68. The molecule has 0 aromatic carbocycles. The Morgan fingerprint density at radius 2 is 2.12 bits per heavy atom. The van der Waals surface area contributed by atoms with Crippen LogP contribution in [-0.4, -0.2) is 62.8 Å². The number of anilines is 1. The van der Waals surface area contributed by atoms with Gasteiger partial charge in [0.15, 0.2) is 0 Å². The zero-order chi connectivity index (χ0) is 17.6. The van der Waals surface area contributed by atoms with Gasteiger partial charge in [0.2, 0.25) is 5.13 Å². The van der Waals surface area contributed by atoms with Gasteiger partial charge in [-0.05, 0) is 18.4 Å². The molecule has 136 valence electrons. The van der Waals surface area contributed by atoms with Crippen molar-refractivity contribution in [3.63, 3.8) is 0 Å². The number of aryl methyl sites for hydroxylation is 3. The lowest BCUT2D eigenvalue weighted by Gasteiger charge is -2.34. The second kappa shape index (κ2) is 8.28. The van der Waals surface area contributed by atoms with Crippen molar-refractivity contribution in [3.05, 3.63) is 23.8 Å². The van der Waals surface area contributed by atoms with Crippen molar-refractivity contribution in [2.45, 2.75) is 26.2 Å². The molecule has 1 aliphatic rings. The first-order valence-electron chi connectivity index (χ1n) is 8.73. The number of amides is 2. The van der Waals surface area contributed by atoms with Gasteiger partial charge in [-0.1, -0.05) is 6.92 Å². The minimum Gasteiger partial charge on any atom is -0.343 e. The largest absolute Gasteiger partial charge is 0.343 e. The molecule has 25 heavy (non-hydrogen) atoms. The van der Waals surface area contributed by atoms with Gasteiger partial charge < -0.3 is 15.1 Å². The number of piperazine rings is 1. The van der Waals surface area contributed by atoms with Gasteiger partial charge in [-0.2, -0.15) is 9.47 Å². The van der Waals surface area contributed by atoms with E-state index in [2.05, 4.69) is 31.6 Å². The average Bonchev–Trinajstić information content (AvgIpc) is 3.27. The van der Waals surface area contributed by atoms with Crippen molar-refractivity contribution >= 4 is 22.7 Å². The Morgan fingerprint density at radius 3 is 2.76 bits per heavy atom. The molecule has 0 aliphatic carbocycles. The minimum atomic E-state index is 0.0253. The normalized spacial score (nSPS) is 14.8. The van der Waals surface area contributed by atoms with Gasteiger partial charge in [-0.25, -0.2) is 9.78 Å². The Morgan fingerprint density at radius 1 is 1.32 bits per heavy atom. The van der Waals surface area contributed by atoms with E-state index >= 15 is 0 Å². The standard InChI is InChI=1S/C16H25N7OS/c1-3-14-19-16(25-20-14)23-9-7-22(8-10-23)15(24)17-6-4-5-13-11-18-21(2)12-13/h11-12H,3-10H2,1-2H3,(H,17,24). The van der Waals surface area contributed by atoms with E-state index in [-0.39, 0.29) is 6.03 Å². The van der Waals surface area contributed by atoms with E-state index < -0.39 is 0 Å². The van der Waals surface area contributed by atoms with Crippen LogP contribution >= 0.6 is 11.5 Å². The molecule has 0 saturated carbocycles. The fraction of sp³-hybridized carbons (Fsp3) is 0.625. The molecule has 0 unspecified atom stereocenters. The lowest BCUT2D eigenvalue weighted by molar-refractivity contribution is 0.194. The van der Waals surface area contributed by atoms with Crippen LogP contribution in [-0.2, 0) is 19.9 Å². The lowest BCUT2D eigenvalue weighted by atomic mass is 10.2. The number of hydrogen-bond donors (Lipinski definition) is 1. The molecule has 2 aromatic rings. The molecule has 2 aromatic heterocycles. The molecule has 1 N–H and O–H groups in total. The first kappa shape index (κ1) is 17.7. The molecule has 9 heteroatoms. The highest BCUT2D eigenvalue weighted by molar-refractivity contribution is 7.09. The molecule has 3 rings (SSSR count). The van der Waals surface area contributed by atoms with Crippen LogP contribution in [0, 0.1) is 0 Å². The van der Waals surface area contributed by atoms with Crippen molar-refractivity contribution in [1.29, 1.82) is 0 Å². The smallest absolute Gasteiger partial charge is 0.317 e. The van der Waals surface area contributed by atoms with Gasteiger partial charge >= 0.3 is 6.03 Å². The number of nitrogens with one attached hydrogen (secondary N) is 1. The van der Waals surface area contributed by atoms with Gasteiger partial charge in [-0.3, -0.25) is 4.68 Å². The molecule has 0 atom stereocenters. The van der Waals surface area contributed by atoms with Gasteiger partial charge in [0.05, 0.1) is 6.20 Å². The fourth-order valence-corrected chi connectivity index (χ4v) is 3.62. The van der Waals surface area contributed by atoms with E-state index in [4.69, 9.17) is 0 Å². The highest BCUT2D eigenvalue weighted by atomic mass is 32.1. The number of hydrogen-bond acceptors (Lipinski definition) is 6. The number of rotatable bonds is 6. The van der Waals surface area contributed by atoms with Crippen LogP contribution in [0.15, 0.2) is 12.4 Å². The molecule has 1 aliphatic heterocycles. The highest BCUT2D eigenvalue weighted by Gasteiger charge is 2.22. The van der Waals surface area contributed by atoms with Crippen molar-refractivity contribution < 1.29 is 4.79 Å². The van der Waals surface area contributed by atoms with E-state index in [9.17, 15) is 4.79 Å². The summed E-state index contributed by atoms with van der Waals surface area (Å²) in [6.45, 7) is 5.79. The van der Waals surface area contributed by atoms with Crippen LogP contribution < -0.4 is 10.2 Å². The Balaban J connectivity index is 1.36. The van der Waals surface area contributed by atoms with Crippen molar-refractivity contribution in [1.82, 2.24) is 29.4 Å². The topological polar surface area (TPSA) is 79.2 Å². The molecular formula is C16H25N7OS. The highest BCUT2D eigenvalue weighted by Crippen LogP contribution is 2.19. The van der Waals surface area contributed by atoms with Crippen molar-refractivity contribution in [2.75, 3.05) is 37.6 Å². The molecule has 1 saturated heterocycles. The molecule has 1 fully saturated rings. The predicted octanol–water partition coefficient (Wildman–Crippen LogP) is 1.30. The Kier molecular flexibility index (Phi) is 5.85. The summed E-state index contributed by atoms with van der Waals surface area (Å²) in [4.78, 5) is 20.9. The van der Waals surface area contributed by atoms with Crippen LogP contribution in [0.1, 0.15) is 24.7 Å². The van der Waals surface area contributed by atoms with Crippen LogP contribution in [0.3, 0.4) is 0 Å². The summed E-state index contributed by atoms with van der Waals surface area (Å²) >= 11 is 1.45. The summed E-state index contributed by atoms with van der Waals surface area (Å²) in [6.07, 6.45) is 6.59. The van der Waals surface area contributed by atoms with Gasteiger partial charge in [0.25, 0.3) is 0 Å². The van der Waals surface area contributed by atoms with Crippen molar-refractivity contribution in [2.24, 2.45) is 7.05 Å². The SMILES string of the molecule is CCc1nsc(N2CCN(C(=O)NCCCc3cnn(C)c3)CC2)n1. The van der Waals surface area contributed by atoms with E-state index in [0.717, 1.165) is 56.4 Å². The van der Waals surface area contributed by atoms with E-state index in [1.54, 1.807) is 4.68 Å². The Labute approximate surface area is 152 Å². The average molecular weight is 363 g/mol. The molecule has 0 spiro atoms. The third-order valence-electron chi connectivity index (χ3n) is 4.29. The maximum atomic E-state index is 12.3. The molecular weight excluding hydrogens is 338 g/mol. The number of carbonyl (C=O) groups is 1. The second-order valence-electron chi connectivity index (χ2n) is 6.18. The van der Waals surface area contributed by atoms with Crippen LogP contribution in [0.4, 0.5) is 9.93 Å². The predicted molar refractivity (Wildman–Crippen MR) is 98.0 cm³/mol. The number of aromatic nitrogens is 4. The second-order valence-corrected chi connectivity index (χ2v) is 6.91. The van der Waals surface area contributed by atoms with Crippen molar-refractivity contribution in [3.8, 4) is 0 Å². The van der Waals surface area contributed by atoms with Crippen LogP contribution in [0.25, 0.3) is 0 Å². The summed E-state index contributed by atoms with van der Waals surface area (Å²) in [5.74, 6) is 0.897.